The molecule has 0 radical (unpaired) electrons. The van der Waals surface area contributed by atoms with Crippen LogP contribution in [0.2, 0.25) is 0 Å². The molecule has 2 aliphatic heterocycles. The number of morpholine rings is 1. The van der Waals surface area contributed by atoms with E-state index < -0.39 is 0 Å². The normalized spacial score (nSPS) is 22.0. The number of pyridine rings is 2. The Balaban J connectivity index is 1.06. The molecule has 41 heavy (non-hydrogen) atoms. The Hall–Kier alpha value is -4.38. The van der Waals surface area contributed by atoms with Crippen molar-refractivity contribution in [3.05, 3.63) is 89.7 Å². The molecule has 7 nitrogen and oxygen atoms in total. The smallest absolute Gasteiger partial charge is 0.181 e. The molecular weight excluding hydrogens is 508 g/mol. The first-order chi connectivity index (χ1) is 20.2. The number of aromatic nitrogens is 4. The number of nitrogens with one attached hydrogen (secondary N) is 1. The second-order valence-electron chi connectivity index (χ2n) is 11.5. The van der Waals surface area contributed by atoms with Crippen molar-refractivity contribution in [2.75, 3.05) is 13.2 Å². The molecule has 2 aromatic carbocycles. The second kappa shape index (κ2) is 9.91. The van der Waals surface area contributed by atoms with Gasteiger partial charge in [-0.15, -0.1) is 0 Å². The standard InChI is InChI=1S/C34H30N6O/c35-17-26-2-1-13-36-32(26)22-4-6-23(7-5-22)33-31-15-27(18-37-34(31)39-38-33)25-8-3-21-9-11-28(12-10-24(21)14-25)40-29-16-30(40)20-41-19-29/h1-8,13-15,18,28-30H,9-12,16,19-20H2,(H,37,38,39)/t28-,29?,30?/m0/s1. The topological polar surface area (TPSA) is 90.7 Å². The second-order valence-corrected chi connectivity index (χ2v) is 11.5. The SMILES string of the molecule is N#Cc1cccnc1-c1ccc(-c2[nH]nc3ncc(-c4ccc5c(c4)CC[C@@H](N4C6COCC4C6)CC5)cc23)cc1. The molecule has 2 unspecified atom stereocenters. The van der Waals surface area contributed by atoms with Crippen LogP contribution in [0, 0.1) is 11.3 Å². The molecule has 2 saturated heterocycles. The summed E-state index contributed by atoms with van der Waals surface area (Å²) in [7, 11) is 0. The first-order valence-corrected chi connectivity index (χ1v) is 14.5. The largest absolute Gasteiger partial charge is 0.378 e. The minimum atomic E-state index is 0.565. The molecule has 8 rings (SSSR count). The molecule has 5 heterocycles. The van der Waals surface area contributed by atoms with E-state index in [1.807, 2.05) is 30.5 Å². The Labute approximate surface area is 238 Å². The van der Waals surface area contributed by atoms with Crippen molar-refractivity contribution >= 4 is 11.0 Å². The molecule has 1 aliphatic carbocycles. The summed E-state index contributed by atoms with van der Waals surface area (Å²) >= 11 is 0. The van der Waals surface area contributed by atoms with Crippen LogP contribution in [0.1, 0.15) is 36.0 Å². The van der Waals surface area contributed by atoms with E-state index in [4.69, 9.17) is 9.72 Å². The number of hydrogen-bond donors (Lipinski definition) is 1. The fourth-order valence-corrected chi connectivity index (χ4v) is 7.13. The molecule has 202 valence electrons. The van der Waals surface area contributed by atoms with E-state index in [9.17, 15) is 5.26 Å². The van der Waals surface area contributed by atoms with E-state index in [1.165, 1.54) is 36.0 Å². The van der Waals surface area contributed by atoms with Crippen LogP contribution in [0.3, 0.4) is 0 Å². The molecule has 0 saturated carbocycles. The van der Waals surface area contributed by atoms with Gasteiger partial charge in [0, 0.05) is 52.6 Å². The number of aromatic amines is 1. The van der Waals surface area contributed by atoms with Gasteiger partial charge in [0.05, 0.1) is 30.2 Å². The number of benzene rings is 2. The van der Waals surface area contributed by atoms with Gasteiger partial charge in [0.1, 0.15) is 6.07 Å². The van der Waals surface area contributed by atoms with E-state index >= 15 is 0 Å². The van der Waals surface area contributed by atoms with Crippen molar-refractivity contribution in [3.63, 3.8) is 0 Å². The predicted octanol–water partition coefficient (Wildman–Crippen LogP) is 5.95. The van der Waals surface area contributed by atoms with Crippen LogP contribution < -0.4 is 0 Å². The maximum Gasteiger partial charge on any atom is 0.181 e. The van der Waals surface area contributed by atoms with Crippen LogP contribution in [0.5, 0.6) is 0 Å². The molecule has 3 aliphatic rings. The van der Waals surface area contributed by atoms with E-state index in [2.05, 4.69) is 50.4 Å². The van der Waals surface area contributed by atoms with E-state index in [0.717, 1.165) is 53.8 Å². The molecule has 1 N–H and O–H groups in total. The number of ether oxygens (including phenoxy) is 1. The van der Waals surface area contributed by atoms with Gasteiger partial charge in [-0.3, -0.25) is 15.0 Å². The maximum atomic E-state index is 9.46. The molecule has 3 aromatic heterocycles. The van der Waals surface area contributed by atoms with Gasteiger partial charge in [0.2, 0.25) is 0 Å². The molecule has 0 spiro atoms. The van der Waals surface area contributed by atoms with Crippen molar-refractivity contribution in [2.24, 2.45) is 0 Å². The van der Waals surface area contributed by atoms with Crippen molar-refractivity contribution < 1.29 is 4.74 Å². The van der Waals surface area contributed by atoms with Crippen LogP contribution in [0.4, 0.5) is 0 Å². The van der Waals surface area contributed by atoms with Gasteiger partial charge in [-0.05, 0) is 67.0 Å². The summed E-state index contributed by atoms with van der Waals surface area (Å²) in [5.41, 5.74) is 10.1. The first kappa shape index (κ1) is 24.4. The number of hydrogen-bond acceptors (Lipinski definition) is 6. The lowest BCUT2D eigenvalue weighted by Crippen LogP contribution is -2.66. The third-order valence-corrected chi connectivity index (χ3v) is 9.25. The van der Waals surface area contributed by atoms with Gasteiger partial charge in [0.25, 0.3) is 0 Å². The molecule has 5 aromatic rings. The summed E-state index contributed by atoms with van der Waals surface area (Å²) in [6.45, 7) is 1.82. The lowest BCUT2D eigenvalue weighted by atomic mass is 9.87. The van der Waals surface area contributed by atoms with Gasteiger partial charge in [-0.1, -0.05) is 42.5 Å². The van der Waals surface area contributed by atoms with Crippen LogP contribution in [-0.2, 0) is 17.6 Å². The van der Waals surface area contributed by atoms with E-state index in [1.54, 1.807) is 18.3 Å². The predicted molar refractivity (Wildman–Crippen MR) is 158 cm³/mol. The molecular formula is C34H30N6O. The highest BCUT2D eigenvalue weighted by Gasteiger charge is 2.45. The molecule has 2 fully saturated rings. The highest BCUT2D eigenvalue weighted by molar-refractivity contribution is 5.93. The van der Waals surface area contributed by atoms with Gasteiger partial charge in [-0.25, -0.2) is 4.98 Å². The fraction of sp³-hybridized carbons (Fsp3) is 0.294. The van der Waals surface area contributed by atoms with Crippen molar-refractivity contribution in [3.8, 4) is 39.7 Å². The Bertz CT molecular complexity index is 1790. The Morgan fingerprint density at radius 1 is 0.829 bits per heavy atom. The van der Waals surface area contributed by atoms with Crippen LogP contribution in [-0.4, -0.2) is 56.4 Å². The van der Waals surface area contributed by atoms with Gasteiger partial charge in [0.15, 0.2) is 5.65 Å². The summed E-state index contributed by atoms with van der Waals surface area (Å²) in [5.74, 6) is 0. The zero-order valence-corrected chi connectivity index (χ0v) is 22.8. The van der Waals surface area contributed by atoms with Gasteiger partial charge < -0.3 is 4.74 Å². The summed E-state index contributed by atoms with van der Waals surface area (Å²) in [6.07, 6.45) is 9.68. The Morgan fingerprint density at radius 3 is 2.41 bits per heavy atom. The minimum Gasteiger partial charge on any atom is -0.378 e. The van der Waals surface area contributed by atoms with Gasteiger partial charge >= 0.3 is 0 Å². The third-order valence-electron chi connectivity index (χ3n) is 9.25. The Kier molecular flexibility index (Phi) is 5.91. The number of fused-ring (bicyclic) bond motifs is 4. The number of nitriles is 1. The van der Waals surface area contributed by atoms with Crippen LogP contribution in [0.15, 0.2) is 73.1 Å². The average Bonchev–Trinajstić information content (AvgIpc) is 3.35. The van der Waals surface area contributed by atoms with Crippen LogP contribution >= 0.6 is 0 Å². The molecule has 0 amide bonds. The minimum absolute atomic E-state index is 0.565. The maximum absolute atomic E-state index is 9.46. The van der Waals surface area contributed by atoms with Gasteiger partial charge in [-0.2, -0.15) is 10.4 Å². The quantitative estimate of drug-likeness (QED) is 0.285. The first-order valence-electron chi connectivity index (χ1n) is 14.5. The lowest BCUT2D eigenvalue weighted by molar-refractivity contribution is -0.148. The zero-order valence-electron chi connectivity index (χ0n) is 22.8. The summed E-state index contributed by atoms with van der Waals surface area (Å²) < 4.78 is 5.74. The lowest BCUT2D eigenvalue weighted by Gasteiger charge is -2.56. The monoisotopic (exact) mass is 538 g/mol. The number of aryl methyl sites for hydroxylation is 2. The summed E-state index contributed by atoms with van der Waals surface area (Å²) in [5, 5.41) is 18.1. The number of nitrogens with zero attached hydrogens (tertiary/aromatic N) is 5. The van der Waals surface area contributed by atoms with Crippen molar-refractivity contribution in [1.29, 1.82) is 5.26 Å². The van der Waals surface area contributed by atoms with Crippen LogP contribution in [0.25, 0.3) is 44.7 Å². The molecule has 2 bridgehead atoms. The van der Waals surface area contributed by atoms with Crippen molar-refractivity contribution in [2.45, 2.75) is 50.2 Å². The highest BCUT2D eigenvalue weighted by atomic mass is 16.5. The third kappa shape index (κ3) is 4.22. The zero-order chi connectivity index (χ0) is 27.3. The highest BCUT2D eigenvalue weighted by Crippen LogP contribution is 2.38. The number of rotatable bonds is 4. The summed E-state index contributed by atoms with van der Waals surface area (Å²) in [6, 6.07) is 25.0. The molecule has 3 atom stereocenters. The summed E-state index contributed by atoms with van der Waals surface area (Å²) in [4.78, 5) is 11.9. The number of H-pyrrole nitrogens is 1. The molecule has 7 heteroatoms. The van der Waals surface area contributed by atoms with Crippen molar-refractivity contribution in [1.82, 2.24) is 25.1 Å². The fourth-order valence-electron chi connectivity index (χ4n) is 7.13. The average molecular weight is 539 g/mol. The Morgan fingerprint density at radius 2 is 1.61 bits per heavy atom. The van der Waals surface area contributed by atoms with E-state index in [0.29, 0.717) is 35.0 Å². The van der Waals surface area contributed by atoms with E-state index in [-0.39, 0.29) is 0 Å².